The molecule has 0 amide bonds. The van der Waals surface area contributed by atoms with Crippen molar-refractivity contribution in [3.63, 3.8) is 0 Å². The molecule has 2 rings (SSSR count). The number of nitrogens with two attached hydrogens (primary N) is 1. The Morgan fingerprint density at radius 1 is 1.11 bits per heavy atom. The van der Waals surface area contributed by atoms with Crippen molar-refractivity contribution in [2.24, 2.45) is 5.73 Å². The minimum atomic E-state index is 0. The molecule has 3 nitrogen and oxygen atoms in total. The van der Waals surface area contributed by atoms with E-state index in [2.05, 4.69) is 28.9 Å². The van der Waals surface area contributed by atoms with Crippen LogP contribution in [0.3, 0.4) is 0 Å². The zero-order chi connectivity index (χ0) is 12.1. The van der Waals surface area contributed by atoms with Crippen molar-refractivity contribution in [3.05, 3.63) is 21.9 Å². The minimum Gasteiger partial charge on any atom is -0.329 e. The van der Waals surface area contributed by atoms with Crippen LogP contribution < -0.4 is 5.73 Å². The quantitative estimate of drug-likeness (QED) is 0.897. The fourth-order valence-corrected chi connectivity index (χ4v) is 3.27. The Kier molecular flexibility index (Phi) is 7.19. The normalized spacial score (nSPS) is 17.7. The second-order valence-corrected chi connectivity index (χ2v) is 5.88. The third-order valence-electron chi connectivity index (χ3n) is 3.36. The summed E-state index contributed by atoms with van der Waals surface area (Å²) >= 11 is 1.96. The van der Waals surface area contributed by atoms with Gasteiger partial charge in [-0.3, -0.25) is 9.80 Å². The number of aryl methyl sites for hydroxylation is 1. The summed E-state index contributed by atoms with van der Waals surface area (Å²) in [7, 11) is 0. The highest BCUT2D eigenvalue weighted by molar-refractivity contribution is 7.11. The maximum atomic E-state index is 5.58. The number of halogens is 1. The van der Waals surface area contributed by atoms with E-state index in [1.807, 2.05) is 11.3 Å². The van der Waals surface area contributed by atoms with Gasteiger partial charge in [0.25, 0.3) is 0 Å². The molecule has 0 aromatic carbocycles. The number of hydrogen-bond acceptors (Lipinski definition) is 4. The molecule has 0 radical (unpaired) electrons. The van der Waals surface area contributed by atoms with Crippen molar-refractivity contribution in [3.8, 4) is 0 Å². The average Bonchev–Trinajstić information content (AvgIpc) is 2.80. The SMILES string of the molecule is CCc1ccc(CN2CCN(CCN)CC2)s1.Cl. The van der Waals surface area contributed by atoms with E-state index >= 15 is 0 Å². The van der Waals surface area contributed by atoms with Gasteiger partial charge in [0.2, 0.25) is 0 Å². The Hall–Kier alpha value is -0.130. The lowest BCUT2D eigenvalue weighted by Crippen LogP contribution is -2.47. The lowest BCUT2D eigenvalue weighted by Gasteiger charge is -2.34. The van der Waals surface area contributed by atoms with Gasteiger partial charge in [-0.15, -0.1) is 23.7 Å². The predicted octanol–water partition coefficient (Wildman–Crippen LogP) is 1.81. The topological polar surface area (TPSA) is 32.5 Å². The molecule has 0 unspecified atom stereocenters. The van der Waals surface area contributed by atoms with Gasteiger partial charge in [-0.1, -0.05) is 6.92 Å². The second kappa shape index (κ2) is 8.12. The highest BCUT2D eigenvalue weighted by Crippen LogP contribution is 2.19. The Balaban J connectivity index is 0.00000162. The summed E-state index contributed by atoms with van der Waals surface area (Å²) in [6, 6.07) is 4.56. The van der Waals surface area contributed by atoms with Gasteiger partial charge >= 0.3 is 0 Å². The number of nitrogens with zero attached hydrogens (tertiary/aromatic N) is 2. The molecule has 5 heteroatoms. The van der Waals surface area contributed by atoms with Crippen molar-refractivity contribution in [1.82, 2.24) is 9.80 Å². The van der Waals surface area contributed by atoms with Crippen LogP contribution in [0.4, 0.5) is 0 Å². The standard InChI is InChI=1S/C13H23N3S.ClH/c1-2-12-3-4-13(17-12)11-16-9-7-15(6-5-14)8-10-16;/h3-4H,2,5-11,14H2,1H3;1H. The summed E-state index contributed by atoms with van der Waals surface area (Å²) in [5, 5.41) is 0. The minimum absolute atomic E-state index is 0. The molecule has 1 aromatic rings. The predicted molar refractivity (Wildman–Crippen MR) is 81.7 cm³/mol. The molecule has 0 bridgehead atoms. The lowest BCUT2D eigenvalue weighted by atomic mass is 10.3. The van der Waals surface area contributed by atoms with E-state index in [-0.39, 0.29) is 12.4 Å². The van der Waals surface area contributed by atoms with Crippen LogP contribution in [0.1, 0.15) is 16.7 Å². The van der Waals surface area contributed by atoms with Crippen molar-refractivity contribution in [2.75, 3.05) is 39.3 Å². The number of piperazine rings is 1. The van der Waals surface area contributed by atoms with Crippen LogP contribution in [-0.2, 0) is 13.0 Å². The first-order valence-corrected chi connectivity index (χ1v) is 7.36. The highest BCUT2D eigenvalue weighted by atomic mass is 35.5. The molecule has 1 fully saturated rings. The number of rotatable bonds is 5. The summed E-state index contributed by atoms with van der Waals surface area (Å²) < 4.78 is 0. The number of hydrogen-bond donors (Lipinski definition) is 1. The van der Waals surface area contributed by atoms with Crippen LogP contribution in [0.25, 0.3) is 0 Å². The maximum Gasteiger partial charge on any atom is 0.0329 e. The van der Waals surface area contributed by atoms with Crippen LogP contribution in [0.5, 0.6) is 0 Å². The maximum absolute atomic E-state index is 5.58. The van der Waals surface area contributed by atoms with Gasteiger partial charge in [0.05, 0.1) is 0 Å². The smallest absolute Gasteiger partial charge is 0.0329 e. The molecule has 104 valence electrons. The molecular formula is C13H24ClN3S. The Labute approximate surface area is 120 Å². The Morgan fingerprint density at radius 3 is 2.28 bits per heavy atom. The fourth-order valence-electron chi connectivity index (χ4n) is 2.27. The monoisotopic (exact) mass is 289 g/mol. The molecule has 2 N–H and O–H groups in total. The van der Waals surface area contributed by atoms with E-state index in [1.54, 1.807) is 0 Å². The molecule has 0 saturated carbocycles. The summed E-state index contributed by atoms with van der Waals surface area (Å²) in [5.41, 5.74) is 5.58. The molecule has 1 aromatic heterocycles. The van der Waals surface area contributed by atoms with Gasteiger partial charge in [0, 0.05) is 55.6 Å². The zero-order valence-electron chi connectivity index (χ0n) is 11.1. The highest BCUT2D eigenvalue weighted by Gasteiger charge is 2.16. The van der Waals surface area contributed by atoms with Crippen molar-refractivity contribution in [1.29, 1.82) is 0 Å². The summed E-state index contributed by atoms with van der Waals surface area (Å²) in [4.78, 5) is 8.02. The van der Waals surface area contributed by atoms with E-state index in [4.69, 9.17) is 5.73 Å². The van der Waals surface area contributed by atoms with E-state index in [0.717, 1.165) is 26.1 Å². The summed E-state index contributed by atoms with van der Waals surface area (Å²) in [6.07, 6.45) is 1.16. The van der Waals surface area contributed by atoms with Gasteiger partial charge < -0.3 is 5.73 Å². The third kappa shape index (κ3) is 4.52. The first kappa shape index (κ1) is 15.9. The molecule has 0 spiro atoms. The second-order valence-electron chi connectivity index (χ2n) is 4.63. The fraction of sp³-hybridized carbons (Fsp3) is 0.692. The van der Waals surface area contributed by atoms with Gasteiger partial charge in [-0.25, -0.2) is 0 Å². The van der Waals surface area contributed by atoms with E-state index < -0.39 is 0 Å². The molecular weight excluding hydrogens is 266 g/mol. The number of thiophene rings is 1. The Morgan fingerprint density at radius 2 is 1.72 bits per heavy atom. The van der Waals surface area contributed by atoms with Crippen LogP contribution in [-0.4, -0.2) is 49.1 Å². The van der Waals surface area contributed by atoms with Gasteiger partial charge in [0.1, 0.15) is 0 Å². The van der Waals surface area contributed by atoms with Crippen LogP contribution in [0.15, 0.2) is 12.1 Å². The summed E-state index contributed by atoms with van der Waals surface area (Å²) in [6.45, 7) is 9.88. The molecule has 0 atom stereocenters. The molecule has 1 aliphatic heterocycles. The molecule has 1 saturated heterocycles. The first-order chi connectivity index (χ1) is 8.31. The van der Waals surface area contributed by atoms with Crippen LogP contribution in [0.2, 0.25) is 0 Å². The Bertz CT molecular complexity index is 335. The molecule has 0 aliphatic carbocycles. The van der Waals surface area contributed by atoms with Gasteiger partial charge in [-0.05, 0) is 18.6 Å². The largest absolute Gasteiger partial charge is 0.329 e. The summed E-state index contributed by atoms with van der Waals surface area (Å²) in [5.74, 6) is 0. The van der Waals surface area contributed by atoms with Crippen LogP contribution in [0, 0.1) is 0 Å². The molecule has 18 heavy (non-hydrogen) atoms. The van der Waals surface area contributed by atoms with Crippen molar-refractivity contribution >= 4 is 23.7 Å². The molecule has 2 heterocycles. The average molecular weight is 290 g/mol. The van der Waals surface area contributed by atoms with Crippen molar-refractivity contribution < 1.29 is 0 Å². The zero-order valence-corrected chi connectivity index (χ0v) is 12.7. The van der Waals surface area contributed by atoms with Crippen molar-refractivity contribution in [2.45, 2.75) is 19.9 Å². The van der Waals surface area contributed by atoms with Crippen LogP contribution >= 0.6 is 23.7 Å². The van der Waals surface area contributed by atoms with E-state index in [9.17, 15) is 0 Å². The van der Waals surface area contributed by atoms with Gasteiger partial charge in [0.15, 0.2) is 0 Å². The lowest BCUT2D eigenvalue weighted by molar-refractivity contribution is 0.130. The van der Waals surface area contributed by atoms with Gasteiger partial charge in [-0.2, -0.15) is 0 Å². The van der Waals surface area contributed by atoms with E-state index in [0.29, 0.717) is 0 Å². The molecule has 1 aliphatic rings. The third-order valence-corrected chi connectivity index (χ3v) is 4.57. The first-order valence-electron chi connectivity index (χ1n) is 6.54. The van der Waals surface area contributed by atoms with E-state index in [1.165, 1.54) is 35.9 Å².